The molecule has 2 aromatic rings. The Hall–Kier alpha value is -0.350. The maximum atomic E-state index is 12.1. The minimum atomic E-state index is -0.108. The summed E-state index contributed by atoms with van der Waals surface area (Å²) in [5.41, 5.74) is 0.434. The lowest BCUT2D eigenvalue weighted by atomic mass is 10.1. The number of carbonyl (C=O) groups excluding carboxylic acids is 1. The van der Waals surface area contributed by atoms with Gasteiger partial charge >= 0.3 is 0 Å². The molecule has 0 amide bonds. The van der Waals surface area contributed by atoms with Crippen molar-refractivity contribution < 1.29 is 4.79 Å². The molecule has 0 bridgehead atoms. The molecule has 0 atom stereocenters. The van der Waals surface area contributed by atoms with Crippen LogP contribution in [0.4, 0.5) is 0 Å². The normalized spacial score (nSPS) is 10.4. The van der Waals surface area contributed by atoms with Crippen LogP contribution in [0.1, 0.15) is 15.2 Å². The first-order valence-corrected chi connectivity index (χ1v) is 6.75. The fraction of sp³-hybridized carbons (Fsp3) is 0. The van der Waals surface area contributed by atoms with Gasteiger partial charge in [0.15, 0.2) is 0 Å². The van der Waals surface area contributed by atoms with Crippen molar-refractivity contribution in [3.63, 3.8) is 0 Å². The Morgan fingerprint density at radius 1 is 1.31 bits per heavy atom. The monoisotopic (exact) mass is 334 g/mol. The first-order valence-electron chi connectivity index (χ1n) is 4.32. The van der Waals surface area contributed by atoms with Crippen LogP contribution in [0.5, 0.6) is 0 Å². The van der Waals surface area contributed by atoms with Crippen LogP contribution in [-0.4, -0.2) is 5.78 Å². The lowest BCUT2D eigenvalue weighted by molar-refractivity contribution is 0.104. The van der Waals surface area contributed by atoms with E-state index in [-0.39, 0.29) is 5.78 Å². The topological polar surface area (TPSA) is 17.1 Å². The van der Waals surface area contributed by atoms with Gasteiger partial charge in [-0.25, -0.2) is 0 Å². The third-order valence-corrected chi connectivity index (χ3v) is 4.50. The number of hydrogen-bond acceptors (Lipinski definition) is 2. The number of benzene rings is 1. The van der Waals surface area contributed by atoms with E-state index in [9.17, 15) is 4.79 Å². The Labute approximate surface area is 115 Å². The Kier molecular flexibility index (Phi) is 3.70. The van der Waals surface area contributed by atoms with Gasteiger partial charge in [0.25, 0.3) is 0 Å². The zero-order valence-corrected chi connectivity index (χ0v) is 11.8. The van der Waals surface area contributed by atoms with Crippen LogP contribution in [0, 0.1) is 0 Å². The molecule has 0 spiro atoms. The molecule has 5 heteroatoms. The van der Waals surface area contributed by atoms with Crippen LogP contribution in [-0.2, 0) is 0 Å². The lowest BCUT2D eigenvalue weighted by Gasteiger charge is -2.02. The van der Waals surface area contributed by atoms with Crippen LogP contribution >= 0.6 is 50.5 Å². The molecule has 0 fully saturated rings. The van der Waals surface area contributed by atoms with Crippen LogP contribution in [0.3, 0.4) is 0 Å². The van der Waals surface area contributed by atoms with E-state index in [1.165, 1.54) is 11.3 Å². The molecule has 1 heterocycles. The average molecular weight is 336 g/mol. The molecule has 0 aliphatic rings. The third-order valence-electron chi connectivity index (χ3n) is 1.99. The highest BCUT2D eigenvalue weighted by atomic mass is 79.9. The van der Waals surface area contributed by atoms with Gasteiger partial charge in [0, 0.05) is 15.4 Å². The lowest BCUT2D eigenvalue weighted by Crippen LogP contribution is -1.99. The highest BCUT2D eigenvalue weighted by Crippen LogP contribution is 2.29. The number of carbonyl (C=O) groups is 1. The predicted molar refractivity (Wildman–Crippen MR) is 71.9 cm³/mol. The molecule has 0 aliphatic carbocycles. The second kappa shape index (κ2) is 4.88. The maximum Gasteiger partial charge on any atom is 0.204 e. The third kappa shape index (κ3) is 2.33. The zero-order chi connectivity index (χ0) is 11.7. The van der Waals surface area contributed by atoms with E-state index in [0.29, 0.717) is 20.5 Å². The summed E-state index contributed by atoms with van der Waals surface area (Å²) >= 11 is 16.5. The minimum absolute atomic E-state index is 0.108. The van der Waals surface area contributed by atoms with Crippen LogP contribution in [0.25, 0.3) is 0 Å². The summed E-state index contributed by atoms with van der Waals surface area (Å²) in [6.07, 6.45) is 0. The summed E-state index contributed by atoms with van der Waals surface area (Å²) in [4.78, 5) is 12.7. The van der Waals surface area contributed by atoms with Crippen molar-refractivity contribution in [1.29, 1.82) is 0 Å². The van der Waals surface area contributed by atoms with Gasteiger partial charge in [0.2, 0.25) is 5.78 Å². The summed E-state index contributed by atoms with van der Waals surface area (Å²) in [5, 5.41) is 2.55. The Morgan fingerprint density at radius 3 is 2.69 bits per heavy atom. The molecule has 1 nitrogen and oxygen atoms in total. The standard InChI is InChI=1S/C11H5BrCl2OS/c12-6-4-9(16-5-6)11(15)7-2-1-3-8(13)10(7)14/h1-5H. The minimum Gasteiger partial charge on any atom is -0.288 e. The molecular weight excluding hydrogens is 331 g/mol. The van der Waals surface area contributed by atoms with Gasteiger partial charge in [-0.3, -0.25) is 4.79 Å². The van der Waals surface area contributed by atoms with Gasteiger partial charge in [-0.2, -0.15) is 0 Å². The SMILES string of the molecule is O=C(c1cc(Br)cs1)c1cccc(Cl)c1Cl. The van der Waals surface area contributed by atoms with E-state index in [4.69, 9.17) is 23.2 Å². The molecule has 2 rings (SSSR count). The molecule has 0 N–H and O–H groups in total. The second-order valence-corrected chi connectivity index (χ2v) is 5.67. The first kappa shape index (κ1) is 12.1. The summed E-state index contributed by atoms with van der Waals surface area (Å²) < 4.78 is 0.888. The van der Waals surface area contributed by atoms with Crippen LogP contribution in [0.15, 0.2) is 34.1 Å². The summed E-state index contributed by atoms with van der Waals surface area (Å²) in [6.45, 7) is 0. The van der Waals surface area contributed by atoms with E-state index >= 15 is 0 Å². The molecular formula is C11H5BrCl2OS. The number of halogens is 3. The molecule has 0 saturated carbocycles. The second-order valence-electron chi connectivity index (χ2n) is 3.06. The smallest absolute Gasteiger partial charge is 0.204 e. The first-order chi connectivity index (χ1) is 7.59. The highest BCUT2D eigenvalue weighted by Gasteiger charge is 2.16. The molecule has 0 aliphatic heterocycles. The highest BCUT2D eigenvalue weighted by molar-refractivity contribution is 9.10. The van der Waals surface area contributed by atoms with Crippen molar-refractivity contribution in [3.05, 3.63) is 54.6 Å². The molecule has 82 valence electrons. The number of ketones is 1. The molecule has 1 aromatic carbocycles. The predicted octanol–water partition coefficient (Wildman–Crippen LogP) is 5.05. The van der Waals surface area contributed by atoms with Crippen molar-refractivity contribution >= 4 is 56.3 Å². The maximum absolute atomic E-state index is 12.1. The van der Waals surface area contributed by atoms with Crippen molar-refractivity contribution in [1.82, 2.24) is 0 Å². The van der Waals surface area contributed by atoms with Gasteiger partial charge in [-0.15, -0.1) is 11.3 Å². The average Bonchev–Trinajstić information content (AvgIpc) is 2.68. The summed E-state index contributed by atoms with van der Waals surface area (Å²) in [7, 11) is 0. The molecule has 0 radical (unpaired) electrons. The van der Waals surface area contributed by atoms with Crippen molar-refractivity contribution in [3.8, 4) is 0 Å². The van der Waals surface area contributed by atoms with Gasteiger partial charge < -0.3 is 0 Å². The quantitative estimate of drug-likeness (QED) is 0.702. The van der Waals surface area contributed by atoms with Gasteiger partial charge in [0.1, 0.15) is 0 Å². The van der Waals surface area contributed by atoms with E-state index in [1.807, 2.05) is 5.38 Å². The Bertz CT molecular complexity index is 551. The molecule has 1 aromatic heterocycles. The van der Waals surface area contributed by atoms with E-state index < -0.39 is 0 Å². The van der Waals surface area contributed by atoms with E-state index in [0.717, 1.165) is 4.47 Å². The fourth-order valence-electron chi connectivity index (χ4n) is 1.24. The molecule has 0 unspecified atom stereocenters. The van der Waals surface area contributed by atoms with Crippen LogP contribution < -0.4 is 0 Å². The van der Waals surface area contributed by atoms with Gasteiger partial charge in [-0.05, 0) is 34.1 Å². The zero-order valence-electron chi connectivity index (χ0n) is 7.84. The van der Waals surface area contributed by atoms with Gasteiger partial charge in [0.05, 0.1) is 14.9 Å². The molecule has 16 heavy (non-hydrogen) atoms. The largest absolute Gasteiger partial charge is 0.288 e. The molecule has 0 saturated heterocycles. The number of thiophene rings is 1. The number of rotatable bonds is 2. The fourth-order valence-corrected chi connectivity index (χ4v) is 3.01. The van der Waals surface area contributed by atoms with Gasteiger partial charge in [-0.1, -0.05) is 29.3 Å². The summed E-state index contributed by atoms with van der Waals surface area (Å²) in [5.74, 6) is -0.108. The summed E-state index contributed by atoms with van der Waals surface area (Å²) in [6, 6.07) is 6.81. The number of hydrogen-bond donors (Lipinski definition) is 0. The van der Waals surface area contributed by atoms with E-state index in [1.54, 1.807) is 24.3 Å². The van der Waals surface area contributed by atoms with Crippen molar-refractivity contribution in [2.24, 2.45) is 0 Å². The van der Waals surface area contributed by atoms with Crippen molar-refractivity contribution in [2.45, 2.75) is 0 Å². The van der Waals surface area contributed by atoms with E-state index in [2.05, 4.69) is 15.9 Å². The Balaban J connectivity index is 2.45. The van der Waals surface area contributed by atoms with Crippen LogP contribution in [0.2, 0.25) is 10.0 Å². The Morgan fingerprint density at radius 2 is 2.06 bits per heavy atom. The van der Waals surface area contributed by atoms with Crippen molar-refractivity contribution in [2.75, 3.05) is 0 Å².